The molecule has 1 aromatic heterocycles. The lowest BCUT2D eigenvalue weighted by molar-refractivity contribution is 0.0547. The fourth-order valence-electron chi connectivity index (χ4n) is 0.735. The van der Waals surface area contributed by atoms with Gasteiger partial charge in [-0.3, -0.25) is 0 Å². The summed E-state index contributed by atoms with van der Waals surface area (Å²) in [6.45, 7) is 3.42. The SMILES string of the molecule is [CH2+]COC(=O)c1ccc(Cl)nc1Cl. The van der Waals surface area contributed by atoms with Crippen molar-refractivity contribution in [2.45, 2.75) is 0 Å². The molecule has 0 fully saturated rings. The van der Waals surface area contributed by atoms with Gasteiger partial charge in [-0.15, -0.1) is 0 Å². The van der Waals surface area contributed by atoms with Crippen molar-refractivity contribution in [2.24, 2.45) is 0 Å². The van der Waals surface area contributed by atoms with Gasteiger partial charge in [0.1, 0.15) is 17.2 Å². The molecule has 0 aliphatic carbocycles. The predicted molar refractivity (Wildman–Crippen MR) is 49.9 cm³/mol. The van der Waals surface area contributed by atoms with E-state index in [0.29, 0.717) is 0 Å². The summed E-state index contributed by atoms with van der Waals surface area (Å²) in [5.74, 6) is -0.552. The summed E-state index contributed by atoms with van der Waals surface area (Å²) >= 11 is 11.2. The minimum absolute atomic E-state index is 0.0333. The van der Waals surface area contributed by atoms with Gasteiger partial charge in [-0.2, -0.15) is 0 Å². The number of esters is 1. The average molecular weight is 219 g/mol. The molecule has 0 unspecified atom stereocenters. The van der Waals surface area contributed by atoms with E-state index in [9.17, 15) is 4.79 Å². The van der Waals surface area contributed by atoms with Crippen LogP contribution in [0.15, 0.2) is 12.1 Å². The molecule has 13 heavy (non-hydrogen) atoms. The van der Waals surface area contributed by atoms with Crippen LogP contribution in [0.1, 0.15) is 10.4 Å². The molecule has 68 valence electrons. The number of nitrogens with zero attached hydrogens (tertiary/aromatic N) is 1. The van der Waals surface area contributed by atoms with E-state index in [1.807, 2.05) is 0 Å². The summed E-state index contributed by atoms with van der Waals surface area (Å²) in [7, 11) is 0. The van der Waals surface area contributed by atoms with Crippen molar-refractivity contribution in [1.82, 2.24) is 4.98 Å². The maximum atomic E-state index is 11.1. The number of hydrogen-bond acceptors (Lipinski definition) is 3. The van der Waals surface area contributed by atoms with Gasteiger partial charge in [-0.1, -0.05) is 23.2 Å². The Balaban J connectivity index is 2.95. The zero-order valence-electron chi connectivity index (χ0n) is 6.59. The molecule has 1 aromatic rings. The van der Waals surface area contributed by atoms with Crippen LogP contribution >= 0.6 is 23.2 Å². The molecule has 0 saturated carbocycles. The van der Waals surface area contributed by atoms with Crippen molar-refractivity contribution < 1.29 is 9.53 Å². The van der Waals surface area contributed by atoms with Crippen LogP contribution in [-0.4, -0.2) is 17.6 Å². The molecule has 3 nitrogen and oxygen atoms in total. The number of rotatable bonds is 2. The Morgan fingerprint density at radius 2 is 2.23 bits per heavy atom. The van der Waals surface area contributed by atoms with Gasteiger partial charge < -0.3 is 4.74 Å². The van der Waals surface area contributed by atoms with E-state index in [1.54, 1.807) is 0 Å². The van der Waals surface area contributed by atoms with E-state index in [2.05, 4.69) is 16.6 Å². The molecule has 0 atom stereocenters. The molecule has 0 aliphatic heterocycles. The Kier molecular flexibility index (Phi) is 3.39. The first kappa shape index (κ1) is 10.2. The van der Waals surface area contributed by atoms with E-state index in [4.69, 9.17) is 23.2 Å². The number of pyridine rings is 1. The zero-order chi connectivity index (χ0) is 9.84. The molecule has 0 amide bonds. The molecule has 0 N–H and O–H groups in total. The first-order chi connectivity index (χ1) is 6.15. The quantitative estimate of drug-likeness (QED) is 0.435. The maximum Gasteiger partial charge on any atom is 0.344 e. The third-order valence-electron chi connectivity index (χ3n) is 1.27. The fraction of sp³-hybridized carbons (Fsp3) is 0.125. The topological polar surface area (TPSA) is 39.2 Å². The summed E-state index contributed by atoms with van der Waals surface area (Å²) in [4.78, 5) is 14.8. The van der Waals surface area contributed by atoms with Crippen LogP contribution in [0.2, 0.25) is 10.3 Å². The fourth-order valence-corrected chi connectivity index (χ4v) is 1.16. The van der Waals surface area contributed by atoms with Crippen LogP contribution in [0, 0.1) is 6.92 Å². The highest BCUT2D eigenvalue weighted by atomic mass is 35.5. The molecular weight excluding hydrogens is 213 g/mol. The smallest absolute Gasteiger partial charge is 0.344 e. The average Bonchev–Trinajstić information content (AvgIpc) is 2.04. The number of carbonyl (C=O) groups excluding carboxylic acids is 1. The van der Waals surface area contributed by atoms with Gasteiger partial charge in [0, 0.05) is 0 Å². The highest BCUT2D eigenvalue weighted by Gasteiger charge is 2.12. The molecule has 0 bridgehead atoms. The highest BCUT2D eigenvalue weighted by Crippen LogP contribution is 2.17. The highest BCUT2D eigenvalue weighted by molar-refractivity contribution is 6.34. The number of halogens is 2. The Hall–Kier alpha value is -0.930. The summed E-state index contributed by atoms with van der Waals surface area (Å²) in [6.07, 6.45) is 0. The summed E-state index contributed by atoms with van der Waals surface area (Å²) in [5.41, 5.74) is 0.190. The van der Waals surface area contributed by atoms with Gasteiger partial charge in [0.05, 0.1) is 5.56 Å². The predicted octanol–water partition coefficient (Wildman–Crippen LogP) is 2.38. The maximum absolute atomic E-state index is 11.1. The third-order valence-corrected chi connectivity index (χ3v) is 1.77. The molecule has 1 rings (SSSR count). The van der Waals surface area contributed by atoms with Gasteiger partial charge in [0.2, 0.25) is 6.61 Å². The second-order valence-corrected chi connectivity index (χ2v) is 2.85. The lowest BCUT2D eigenvalue weighted by Gasteiger charge is -2.00. The van der Waals surface area contributed by atoms with E-state index in [1.165, 1.54) is 12.1 Å². The van der Waals surface area contributed by atoms with Crippen molar-refractivity contribution >= 4 is 29.2 Å². The van der Waals surface area contributed by atoms with Gasteiger partial charge in [0.15, 0.2) is 0 Å². The van der Waals surface area contributed by atoms with Crippen molar-refractivity contribution in [3.05, 3.63) is 34.9 Å². The molecule has 0 saturated heterocycles. The number of hydrogen-bond donors (Lipinski definition) is 0. The Labute approximate surface area is 85.6 Å². The summed E-state index contributed by atoms with van der Waals surface area (Å²) in [5, 5.41) is 0.266. The van der Waals surface area contributed by atoms with Crippen LogP contribution in [0.4, 0.5) is 0 Å². The second kappa shape index (κ2) is 4.35. The van der Waals surface area contributed by atoms with Gasteiger partial charge in [-0.25, -0.2) is 9.78 Å². The first-order valence-corrected chi connectivity index (χ1v) is 4.19. The number of carbonyl (C=O) groups is 1. The van der Waals surface area contributed by atoms with E-state index in [0.717, 1.165) is 0 Å². The molecule has 1 heterocycles. The van der Waals surface area contributed by atoms with Crippen LogP contribution in [0.3, 0.4) is 0 Å². The van der Waals surface area contributed by atoms with E-state index >= 15 is 0 Å². The summed E-state index contributed by atoms with van der Waals surface area (Å²) < 4.78 is 4.63. The van der Waals surface area contributed by atoms with Crippen LogP contribution in [0.5, 0.6) is 0 Å². The van der Waals surface area contributed by atoms with Crippen molar-refractivity contribution in [3.8, 4) is 0 Å². The van der Waals surface area contributed by atoms with Crippen LogP contribution in [0.25, 0.3) is 0 Å². The van der Waals surface area contributed by atoms with Crippen molar-refractivity contribution in [3.63, 3.8) is 0 Å². The molecule has 0 aliphatic rings. The Morgan fingerprint density at radius 3 is 2.77 bits per heavy atom. The van der Waals surface area contributed by atoms with Gasteiger partial charge in [-0.05, 0) is 12.1 Å². The van der Waals surface area contributed by atoms with Crippen LogP contribution in [-0.2, 0) is 4.74 Å². The first-order valence-electron chi connectivity index (χ1n) is 3.43. The minimum Gasteiger partial charge on any atom is -0.420 e. The third kappa shape index (κ3) is 2.50. The van der Waals surface area contributed by atoms with Crippen LogP contribution < -0.4 is 0 Å². The van der Waals surface area contributed by atoms with Crippen molar-refractivity contribution in [2.75, 3.05) is 6.61 Å². The Bertz CT molecular complexity index is 328. The number of aromatic nitrogens is 1. The molecule has 0 radical (unpaired) electrons. The van der Waals surface area contributed by atoms with E-state index in [-0.39, 0.29) is 22.5 Å². The minimum atomic E-state index is -0.552. The molecule has 5 heteroatoms. The van der Waals surface area contributed by atoms with E-state index < -0.39 is 5.97 Å². The molecular formula is C8H6Cl2NO2+. The largest absolute Gasteiger partial charge is 0.420 e. The monoisotopic (exact) mass is 218 g/mol. The Morgan fingerprint density at radius 1 is 1.54 bits per heavy atom. The van der Waals surface area contributed by atoms with Gasteiger partial charge >= 0.3 is 5.97 Å². The second-order valence-electron chi connectivity index (χ2n) is 2.11. The lowest BCUT2D eigenvalue weighted by Crippen LogP contribution is -2.06. The molecule has 0 spiro atoms. The summed E-state index contributed by atoms with van der Waals surface area (Å²) in [6, 6.07) is 2.92. The standard InChI is InChI=1S/C8H6Cl2NO2/c1-2-13-8(12)5-3-4-6(9)11-7(5)10/h3-4H,1-2H2/q+1. The zero-order valence-corrected chi connectivity index (χ0v) is 8.10. The van der Waals surface area contributed by atoms with Gasteiger partial charge in [0.25, 0.3) is 0 Å². The normalized spacial score (nSPS) is 9.69. The molecule has 0 aromatic carbocycles. The number of ether oxygens (including phenoxy) is 1. The van der Waals surface area contributed by atoms with Crippen molar-refractivity contribution in [1.29, 1.82) is 0 Å². The lowest BCUT2D eigenvalue weighted by atomic mass is 10.3.